The van der Waals surface area contributed by atoms with Crippen LogP contribution in [0.2, 0.25) is 0 Å². The molecule has 7 heteroatoms. The van der Waals surface area contributed by atoms with E-state index >= 15 is 0 Å². The van der Waals surface area contributed by atoms with Gasteiger partial charge in [0.1, 0.15) is 6.54 Å². The van der Waals surface area contributed by atoms with Crippen molar-refractivity contribution in [2.75, 3.05) is 5.32 Å². The van der Waals surface area contributed by atoms with E-state index in [1.165, 1.54) is 28.7 Å². The van der Waals surface area contributed by atoms with E-state index in [4.69, 9.17) is 4.42 Å². The molecule has 1 saturated carbocycles. The predicted octanol–water partition coefficient (Wildman–Crippen LogP) is 2.57. The molecule has 1 aliphatic carbocycles. The second-order valence-corrected chi connectivity index (χ2v) is 6.18. The summed E-state index contributed by atoms with van der Waals surface area (Å²) in [4.78, 5) is 28.4. The number of thiazole rings is 1. The molecule has 2 aromatic heterocycles. The maximum Gasteiger partial charge on any atom is 0.420 e. The first-order chi connectivity index (χ1) is 10.7. The van der Waals surface area contributed by atoms with E-state index < -0.39 is 5.76 Å². The maximum atomic E-state index is 12.1. The lowest BCUT2D eigenvalue weighted by molar-refractivity contribution is -0.116. The molecule has 112 valence electrons. The minimum atomic E-state index is -0.533. The van der Waals surface area contributed by atoms with Crippen LogP contribution in [-0.4, -0.2) is 15.5 Å². The van der Waals surface area contributed by atoms with Crippen LogP contribution in [-0.2, 0) is 11.3 Å². The number of nitrogens with zero attached hydrogens (tertiary/aromatic N) is 2. The molecule has 4 rings (SSSR count). The highest BCUT2D eigenvalue weighted by molar-refractivity contribution is 7.13. The fraction of sp³-hybridized carbons (Fsp3) is 0.267. The van der Waals surface area contributed by atoms with Gasteiger partial charge in [-0.25, -0.2) is 9.78 Å². The summed E-state index contributed by atoms with van der Waals surface area (Å²) in [5, 5.41) is 5.30. The molecule has 0 radical (unpaired) electrons. The monoisotopic (exact) mass is 315 g/mol. The molecule has 22 heavy (non-hydrogen) atoms. The summed E-state index contributed by atoms with van der Waals surface area (Å²) < 4.78 is 6.43. The van der Waals surface area contributed by atoms with Crippen LogP contribution in [0, 0.1) is 0 Å². The highest BCUT2D eigenvalue weighted by Crippen LogP contribution is 2.40. The smallest absolute Gasteiger partial charge is 0.408 e. The van der Waals surface area contributed by atoms with Crippen LogP contribution >= 0.6 is 11.3 Å². The van der Waals surface area contributed by atoms with E-state index in [0.29, 0.717) is 22.1 Å². The molecule has 0 bridgehead atoms. The van der Waals surface area contributed by atoms with Gasteiger partial charge < -0.3 is 9.73 Å². The van der Waals surface area contributed by atoms with Gasteiger partial charge in [-0.15, -0.1) is 11.3 Å². The quantitative estimate of drug-likeness (QED) is 0.802. The standard InChI is InChI=1S/C15H13N3O3S/c19-13(17-14-16-10(8-22-14)9-5-6-9)7-18-11-3-1-2-4-12(11)21-15(18)20/h1-4,8-9H,5-7H2,(H,16,17,19). The normalized spacial score (nSPS) is 14.4. The number of benzene rings is 1. The molecule has 1 fully saturated rings. The third kappa shape index (κ3) is 2.43. The Morgan fingerprint density at radius 1 is 1.41 bits per heavy atom. The number of nitrogens with one attached hydrogen (secondary N) is 1. The molecular formula is C15H13N3O3S. The average Bonchev–Trinajstić information content (AvgIpc) is 3.18. The van der Waals surface area contributed by atoms with Gasteiger partial charge in [-0.2, -0.15) is 0 Å². The Morgan fingerprint density at radius 2 is 2.23 bits per heavy atom. The Kier molecular flexibility index (Phi) is 3.07. The Morgan fingerprint density at radius 3 is 3.05 bits per heavy atom. The van der Waals surface area contributed by atoms with E-state index in [0.717, 1.165) is 5.69 Å². The van der Waals surface area contributed by atoms with Crippen molar-refractivity contribution in [1.82, 2.24) is 9.55 Å². The summed E-state index contributed by atoms with van der Waals surface area (Å²) in [6.45, 7) is -0.0891. The molecule has 2 heterocycles. The highest BCUT2D eigenvalue weighted by Gasteiger charge is 2.26. The number of anilines is 1. The molecule has 0 unspecified atom stereocenters. The molecule has 1 aliphatic rings. The number of para-hydroxylation sites is 2. The van der Waals surface area contributed by atoms with Gasteiger partial charge in [0.25, 0.3) is 0 Å². The maximum absolute atomic E-state index is 12.1. The van der Waals surface area contributed by atoms with Gasteiger partial charge in [-0.05, 0) is 25.0 Å². The summed E-state index contributed by atoms with van der Waals surface area (Å²) in [6, 6.07) is 7.04. The number of aromatic nitrogens is 2. The molecule has 0 spiro atoms. The van der Waals surface area contributed by atoms with Crippen molar-refractivity contribution in [3.63, 3.8) is 0 Å². The Balaban J connectivity index is 1.52. The van der Waals surface area contributed by atoms with Gasteiger partial charge in [0.15, 0.2) is 10.7 Å². The molecule has 3 aromatic rings. The Bertz CT molecular complexity index is 904. The summed E-state index contributed by atoms with van der Waals surface area (Å²) >= 11 is 1.41. The molecule has 1 aromatic carbocycles. The van der Waals surface area contributed by atoms with E-state index in [2.05, 4.69) is 10.3 Å². The van der Waals surface area contributed by atoms with E-state index in [-0.39, 0.29) is 12.5 Å². The first kappa shape index (κ1) is 13.3. The lowest BCUT2D eigenvalue weighted by Gasteiger charge is -2.02. The average molecular weight is 315 g/mol. The van der Waals surface area contributed by atoms with Gasteiger partial charge in [-0.3, -0.25) is 9.36 Å². The van der Waals surface area contributed by atoms with Crippen LogP contribution in [0.25, 0.3) is 11.1 Å². The summed E-state index contributed by atoms with van der Waals surface area (Å²) in [7, 11) is 0. The van der Waals surface area contributed by atoms with E-state index in [1.54, 1.807) is 24.3 Å². The molecule has 0 atom stereocenters. The van der Waals surface area contributed by atoms with Crippen LogP contribution in [0.1, 0.15) is 24.5 Å². The summed E-state index contributed by atoms with van der Waals surface area (Å²) in [5.74, 6) is -0.262. The van der Waals surface area contributed by atoms with Crippen LogP contribution in [0.5, 0.6) is 0 Å². The first-order valence-corrected chi connectivity index (χ1v) is 7.92. The Hall–Kier alpha value is -2.41. The van der Waals surface area contributed by atoms with Crippen LogP contribution in [0.3, 0.4) is 0 Å². The number of carbonyl (C=O) groups excluding carboxylic acids is 1. The van der Waals surface area contributed by atoms with E-state index in [9.17, 15) is 9.59 Å². The minimum absolute atomic E-state index is 0.0891. The number of fused-ring (bicyclic) bond motifs is 1. The fourth-order valence-corrected chi connectivity index (χ4v) is 3.18. The number of hydrogen-bond acceptors (Lipinski definition) is 5. The third-order valence-corrected chi connectivity index (χ3v) is 4.42. The third-order valence-electron chi connectivity index (χ3n) is 3.64. The van der Waals surface area contributed by atoms with Crippen molar-refractivity contribution in [1.29, 1.82) is 0 Å². The largest absolute Gasteiger partial charge is 0.420 e. The predicted molar refractivity (Wildman–Crippen MR) is 83.2 cm³/mol. The second kappa shape index (κ2) is 5.10. The zero-order valence-electron chi connectivity index (χ0n) is 11.6. The number of hydrogen-bond donors (Lipinski definition) is 1. The van der Waals surface area contributed by atoms with Crippen LogP contribution in [0.15, 0.2) is 38.9 Å². The zero-order valence-corrected chi connectivity index (χ0v) is 12.4. The van der Waals surface area contributed by atoms with Gasteiger partial charge in [0.2, 0.25) is 5.91 Å². The van der Waals surface area contributed by atoms with Gasteiger partial charge in [0, 0.05) is 11.3 Å². The van der Waals surface area contributed by atoms with Crippen molar-refractivity contribution >= 4 is 33.5 Å². The zero-order chi connectivity index (χ0) is 15.1. The van der Waals surface area contributed by atoms with Crippen molar-refractivity contribution < 1.29 is 9.21 Å². The number of carbonyl (C=O) groups is 1. The highest BCUT2D eigenvalue weighted by atomic mass is 32.1. The van der Waals surface area contributed by atoms with Crippen molar-refractivity contribution in [2.45, 2.75) is 25.3 Å². The molecule has 0 saturated heterocycles. The minimum Gasteiger partial charge on any atom is -0.408 e. The molecule has 1 N–H and O–H groups in total. The van der Waals surface area contributed by atoms with Crippen LogP contribution in [0.4, 0.5) is 5.13 Å². The molecular weight excluding hydrogens is 302 g/mol. The van der Waals surface area contributed by atoms with Crippen molar-refractivity contribution in [3.05, 3.63) is 45.9 Å². The second-order valence-electron chi connectivity index (χ2n) is 5.32. The first-order valence-electron chi connectivity index (χ1n) is 7.04. The van der Waals surface area contributed by atoms with Crippen molar-refractivity contribution in [3.8, 4) is 0 Å². The number of rotatable bonds is 4. The lowest BCUT2D eigenvalue weighted by atomic mass is 10.3. The van der Waals surface area contributed by atoms with Gasteiger partial charge >= 0.3 is 5.76 Å². The van der Waals surface area contributed by atoms with Gasteiger partial charge in [-0.1, -0.05) is 12.1 Å². The fourth-order valence-electron chi connectivity index (χ4n) is 2.38. The van der Waals surface area contributed by atoms with Crippen LogP contribution < -0.4 is 11.1 Å². The molecule has 0 aliphatic heterocycles. The number of oxazole rings is 1. The molecule has 6 nitrogen and oxygen atoms in total. The van der Waals surface area contributed by atoms with Gasteiger partial charge in [0.05, 0.1) is 11.2 Å². The van der Waals surface area contributed by atoms with E-state index in [1.807, 2.05) is 5.38 Å². The summed E-state index contributed by atoms with van der Waals surface area (Å²) in [6.07, 6.45) is 2.35. The Labute approximate surface area is 129 Å². The lowest BCUT2D eigenvalue weighted by Crippen LogP contribution is -2.24. The SMILES string of the molecule is O=C(Cn1c(=O)oc2ccccc21)Nc1nc(C2CC2)cs1. The van der Waals surface area contributed by atoms with Crippen molar-refractivity contribution in [2.24, 2.45) is 0 Å². The summed E-state index contributed by atoms with van der Waals surface area (Å²) in [5.41, 5.74) is 2.14. The number of amides is 1. The molecule has 1 amide bonds. The topological polar surface area (TPSA) is 77.1 Å².